The summed E-state index contributed by atoms with van der Waals surface area (Å²) in [6.45, 7) is 0.682. The second-order valence-corrected chi connectivity index (χ2v) is 9.58. The average molecular weight is 512 g/mol. The van der Waals surface area contributed by atoms with Gasteiger partial charge in [-0.25, -0.2) is 4.79 Å². The van der Waals surface area contributed by atoms with Crippen LogP contribution in [0.4, 0.5) is 10.5 Å². The molecule has 1 unspecified atom stereocenters. The molecule has 4 aromatic rings. The number of amides is 1. The Bertz CT molecular complexity index is 1580. The standard InChI is InChI=1S/C28H21N3O5S/c29-16-18-6-9-20(14-23(18)31-12-13-34-28(31)33)36-24-3-1-2-21-22(24)10-11-25(21)35-19-7-4-17(5-8-19)26-15-27(32)30-37-26/h1-9,14-15,25H,10-13H2,(H,30,32). The van der Waals surface area contributed by atoms with Crippen LogP contribution in [0, 0.1) is 11.3 Å². The number of H-pyrrole nitrogens is 1. The van der Waals surface area contributed by atoms with Crippen LogP contribution >= 0.6 is 11.5 Å². The van der Waals surface area contributed by atoms with Gasteiger partial charge >= 0.3 is 6.09 Å². The molecule has 1 aliphatic carbocycles. The molecule has 9 heteroatoms. The van der Waals surface area contributed by atoms with Gasteiger partial charge in [0, 0.05) is 17.7 Å². The molecule has 1 fully saturated rings. The molecule has 1 aliphatic heterocycles. The zero-order valence-corrected chi connectivity index (χ0v) is 20.4. The Morgan fingerprint density at radius 2 is 1.89 bits per heavy atom. The number of ether oxygens (including phenoxy) is 3. The largest absolute Gasteiger partial charge is 0.486 e. The number of hydrogen-bond acceptors (Lipinski definition) is 7. The van der Waals surface area contributed by atoms with Crippen molar-refractivity contribution in [1.29, 1.82) is 5.26 Å². The van der Waals surface area contributed by atoms with E-state index in [4.69, 9.17) is 14.2 Å². The average Bonchev–Trinajstić information content (AvgIpc) is 3.65. The van der Waals surface area contributed by atoms with Gasteiger partial charge in [-0.15, -0.1) is 0 Å². The van der Waals surface area contributed by atoms with Crippen molar-refractivity contribution in [2.24, 2.45) is 0 Å². The number of anilines is 1. The Balaban J connectivity index is 1.21. The van der Waals surface area contributed by atoms with Crippen LogP contribution in [0.15, 0.2) is 71.5 Å². The lowest BCUT2D eigenvalue weighted by Gasteiger charge is -2.18. The smallest absolute Gasteiger partial charge is 0.414 e. The maximum atomic E-state index is 12.1. The minimum Gasteiger partial charge on any atom is -0.486 e. The SMILES string of the molecule is N#Cc1ccc(Oc2cccc3c2CCC3Oc2ccc(-c3cc(=O)[nH]s3)cc2)cc1N1CCOC1=O. The molecule has 1 N–H and O–H groups in total. The number of benzene rings is 3. The molecular weight excluding hydrogens is 490 g/mol. The van der Waals surface area contributed by atoms with Crippen LogP contribution in [0.3, 0.4) is 0 Å². The fraction of sp³-hybridized carbons (Fsp3) is 0.179. The number of nitrogens with one attached hydrogen (secondary N) is 1. The van der Waals surface area contributed by atoms with E-state index in [0.717, 1.165) is 45.9 Å². The van der Waals surface area contributed by atoms with Gasteiger partial charge in [0.05, 0.1) is 22.7 Å². The number of aromatic nitrogens is 1. The number of fused-ring (bicyclic) bond motifs is 1. The first-order valence-electron chi connectivity index (χ1n) is 11.8. The number of carbonyl (C=O) groups is 1. The molecule has 0 saturated carbocycles. The van der Waals surface area contributed by atoms with E-state index in [1.807, 2.05) is 36.4 Å². The summed E-state index contributed by atoms with van der Waals surface area (Å²) >= 11 is 1.31. The molecule has 2 aliphatic rings. The molecule has 0 bridgehead atoms. The molecule has 1 aromatic heterocycles. The Morgan fingerprint density at radius 3 is 2.62 bits per heavy atom. The summed E-state index contributed by atoms with van der Waals surface area (Å²) in [5, 5.41) is 9.50. The molecule has 1 saturated heterocycles. The zero-order valence-electron chi connectivity index (χ0n) is 19.6. The van der Waals surface area contributed by atoms with Crippen molar-refractivity contribution >= 4 is 23.3 Å². The van der Waals surface area contributed by atoms with Gasteiger partial charge in [-0.3, -0.25) is 14.1 Å². The number of nitriles is 1. The normalized spacial score (nSPS) is 16.2. The van der Waals surface area contributed by atoms with E-state index in [-0.39, 0.29) is 11.7 Å². The maximum Gasteiger partial charge on any atom is 0.414 e. The summed E-state index contributed by atoms with van der Waals surface area (Å²) in [4.78, 5) is 25.8. The molecule has 3 aromatic carbocycles. The summed E-state index contributed by atoms with van der Waals surface area (Å²) in [7, 11) is 0. The van der Waals surface area contributed by atoms with E-state index in [1.165, 1.54) is 16.4 Å². The third kappa shape index (κ3) is 4.43. The van der Waals surface area contributed by atoms with Crippen LogP contribution in [0.2, 0.25) is 0 Å². The number of hydrogen-bond donors (Lipinski definition) is 1. The number of cyclic esters (lactones) is 1. The second-order valence-electron chi connectivity index (χ2n) is 8.73. The van der Waals surface area contributed by atoms with Crippen LogP contribution in [0.5, 0.6) is 17.2 Å². The molecule has 8 nitrogen and oxygen atoms in total. The number of carbonyl (C=O) groups excluding carboxylic acids is 1. The second kappa shape index (κ2) is 9.48. The predicted molar refractivity (Wildman–Crippen MR) is 138 cm³/mol. The highest BCUT2D eigenvalue weighted by atomic mass is 32.1. The van der Waals surface area contributed by atoms with Crippen molar-refractivity contribution in [1.82, 2.24) is 4.37 Å². The van der Waals surface area contributed by atoms with Gasteiger partial charge in [0.2, 0.25) is 0 Å². The van der Waals surface area contributed by atoms with Crippen molar-refractivity contribution in [3.05, 3.63) is 93.8 Å². The van der Waals surface area contributed by atoms with Gasteiger partial charge in [-0.2, -0.15) is 5.26 Å². The summed E-state index contributed by atoms with van der Waals surface area (Å²) in [5.41, 5.74) is 3.87. The van der Waals surface area contributed by atoms with E-state index in [9.17, 15) is 14.9 Å². The molecule has 0 spiro atoms. The minimum absolute atomic E-state index is 0.100. The molecule has 37 heavy (non-hydrogen) atoms. The topological polar surface area (TPSA) is 105 Å². The molecule has 184 valence electrons. The Labute approximate surface area is 216 Å². The monoisotopic (exact) mass is 511 g/mol. The van der Waals surface area contributed by atoms with E-state index >= 15 is 0 Å². The van der Waals surface area contributed by atoms with Crippen LogP contribution < -0.4 is 19.9 Å². The summed E-state index contributed by atoms with van der Waals surface area (Å²) in [5.74, 6) is 2.01. The molecule has 6 rings (SSSR count). The van der Waals surface area contributed by atoms with Gasteiger partial charge in [0.15, 0.2) is 0 Å². The molecule has 1 atom stereocenters. The van der Waals surface area contributed by atoms with Crippen LogP contribution in [-0.2, 0) is 11.2 Å². The molecule has 1 amide bonds. The fourth-order valence-electron chi connectivity index (χ4n) is 4.72. The summed E-state index contributed by atoms with van der Waals surface area (Å²) in [6.07, 6.45) is 1.04. The fourth-order valence-corrected chi connectivity index (χ4v) is 5.41. The highest BCUT2D eigenvalue weighted by molar-refractivity contribution is 7.09. The minimum atomic E-state index is -0.467. The van der Waals surface area contributed by atoms with E-state index in [2.05, 4.69) is 16.5 Å². The van der Waals surface area contributed by atoms with E-state index in [0.29, 0.717) is 30.2 Å². The lowest BCUT2D eigenvalue weighted by Crippen LogP contribution is -2.24. The highest BCUT2D eigenvalue weighted by Gasteiger charge is 2.29. The van der Waals surface area contributed by atoms with Gasteiger partial charge in [0.1, 0.15) is 36.0 Å². The van der Waals surface area contributed by atoms with Crippen LogP contribution in [-0.4, -0.2) is 23.6 Å². The van der Waals surface area contributed by atoms with E-state index < -0.39 is 6.09 Å². The van der Waals surface area contributed by atoms with Crippen molar-refractivity contribution in [2.45, 2.75) is 18.9 Å². The maximum absolute atomic E-state index is 12.1. The van der Waals surface area contributed by atoms with Gasteiger partial charge < -0.3 is 14.2 Å². The first-order valence-corrected chi connectivity index (χ1v) is 12.6. The van der Waals surface area contributed by atoms with Crippen molar-refractivity contribution in [2.75, 3.05) is 18.1 Å². The molecular formula is C28H21N3O5S. The Hall–Kier alpha value is -4.55. The summed E-state index contributed by atoms with van der Waals surface area (Å²) in [6, 6.07) is 22.4. The molecule has 0 radical (unpaired) electrons. The van der Waals surface area contributed by atoms with Gasteiger partial charge in [-0.1, -0.05) is 23.7 Å². The van der Waals surface area contributed by atoms with Gasteiger partial charge in [0.25, 0.3) is 5.56 Å². The summed E-state index contributed by atoms with van der Waals surface area (Å²) < 4.78 is 20.3. The Kier molecular flexibility index (Phi) is 5.87. The number of nitrogens with zero attached hydrogens (tertiary/aromatic N) is 2. The lowest BCUT2D eigenvalue weighted by atomic mass is 10.1. The Morgan fingerprint density at radius 1 is 1.05 bits per heavy atom. The zero-order chi connectivity index (χ0) is 25.4. The first kappa shape index (κ1) is 22.9. The number of aromatic amines is 1. The lowest BCUT2D eigenvalue weighted by molar-refractivity contribution is 0.181. The van der Waals surface area contributed by atoms with Crippen molar-refractivity contribution < 1.29 is 19.0 Å². The predicted octanol–water partition coefficient (Wildman–Crippen LogP) is 5.79. The number of rotatable bonds is 6. The third-order valence-corrected chi connectivity index (χ3v) is 7.36. The van der Waals surface area contributed by atoms with Crippen molar-refractivity contribution in [3.63, 3.8) is 0 Å². The van der Waals surface area contributed by atoms with Gasteiger partial charge in [-0.05, 0) is 66.4 Å². The van der Waals surface area contributed by atoms with Crippen molar-refractivity contribution in [3.8, 4) is 33.8 Å². The third-order valence-electron chi connectivity index (χ3n) is 6.48. The van der Waals surface area contributed by atoms with Crippen LogP contribution in [0.1, 0.15) is 29.2 Å². The molecule has 2 heterocycles. The van der Waals surface area contributed by atoms with E-state index in [1.54, 1.807) is 24.3 Å². The quantitative estimate of drug-likeness (QED) is 0.351. The first-order chi connectivity index (χ1) is 18.1. The van der Waals surface area contributed by atoms with Crippen LogP contribution in [0.25, 0.3) is 10.4 Å². The highest BCUT2D eigenvalue weighted by Crippen LogP contribution is 2.41.